The summed E-state index contributed by atoms with van der Waals surface area (Å²) < 4.78 is 12.9. The summed E-state index contributed by atoms with van der Waals surface area (Å²) in [6.45, 7) is 6.14. The lowest BCUT2D eigenvalue weighted by molar-refractivity contribution is -0.115. The van der Waals surface area contributed by atoms with Gasteiger partial charge in [0, 0.05) is 18.2 Å². The van der Waals surface area contributed by atoms with Crippen LogP contribution in [0.2, 0.25) is 0 Å². The smallest absolute Gasteiger partial charge is 0.230 e. The van der Waals surface area contributed by atoms with Gasteiger partial charge in [-0.25, -0.2) is 4.98 Å². The number of aromatic nitrogens is 4. The number of hydrogen-bond acceptors (Lipinski definition) is 7. The third-order valence-corrected chi connectivity index (χ3v) is 5.54. The number of benzene rings is 1. The summed E-state index contributed by atoms with van der Waals surface area (Å²) in [5.74, 6) is 1.73. The number of aromatic amines is 1. The van der Waals surface area contributed by atoms with Gasteiger partial charge < -0.3 is 14.8 Å². The summed E-state index contributed by atoms with van der Waals surface area (Å²) in [4.78, 5) is 17.8. The number of anilines is 1. The number of carbonyl (C=O) groups excluding carboxylic acids is 1. The number of ether oxygens (including phenoxy) is 2. The minimum atomic E-state index is -0.196. The Hall–Kier alpha value is -2.98. The van der Waals surface area contributed by atoms with Crippen molar-refractivity contribution in [3.63, 3.8) is 0 Å². The lowest BCUT2D eigenvalue weighted by Crippen LogP contribution is -2.14. The number of allylic oxidation sites excluding steroid dienone is 1. The van der Waals surface area contributed by atoms with Crippen molar-refractivity contribution in [2.75, 3.05) is 19.5 Å². The molecular weight excluding hydrogens is 410 g/mol. The Kier molecular flexibility index (Phi) is 6.45. The number of hydrogen-bond donors (Lipinski definition) is 2. The van der Waals surface area contributed by atoms with Crippen molar-refractivity contribution < 1.29 is 14.3 Å². The van der Waals surface area contributed by atoms with E-state index < -0.39 is 0 Å². The highest BCUT2D eigenvalue weighted by Crippen LogP contribution is 2.32. The zero-order valence-corrected chi connectivity index (χ0v) is 17.9. The number of carbonyl (C=O) groups is 1. The van der Waals surface area contributed by atoms with Crippen LogP contribution in [0.15, 0.2) is 30.9 Å². The summed E-state index contributed by atoms with van der Waals surface area (Å²) in [5, 5.41) is 10.4. The molecule has 2 heterocycles. The molecule has 0 bridgehead atoms. The van der Waals surface area contributed by atoms with Crippen molar-refractivity contribution in [3.8, 4) is 22.2 Å². The lowest BCUT2D eigenvalue weighted by atomic mass is 10.1. The number of rotatable bonds is 8. The van der Waals surface area contributed by atoms with Crippen LogP contribution in [0.25, 0.3) is 10.7 Å². The van der Waals surface area contributed by atoms with Crippen LogP contribution < -0.4 is 14.8 Å². The van der Waals surface area contributed by atoms with Crippen molar-refractivity contribution in [1.29, 1.82) is 0 Å². The summed E-state index contributed by atoms with van der Waals surface area (Å²) in [6.07, 6.45) is 1.90. The SMILES string of the molecule is C=CCn1c(-c2sc(NC(=O)Cc3ccc(OC)cc3OC)nc2C)n[nH]c1=S. The van der Waals surface area contributed by atoms with E-state index in [1.807, 2.05) is 17.6 Å². The van der Waals surface area contributed by atoms with Crippen molar-refractivity contribution in [1.82, 2.24) is 19.7 Å². The average Bonchev–Trinajstić information content (AvgIpc) is 3.24. The van der Waals surface area contributed by atoms with Crippen LogP contribution in [0.3, 0.4) is 0 Å². The van der Waals surface area contributed by atoms with Crippen LogP contribution in [-0.2, 0) is 17.8 Å². The number of methoxy groups -OCH3 is 2. The molecule has 3 rings (SSSR count). The predicted octanol–water partition coefficient (Wildman–Crippen LogP) is 3.76. The first-order chi connectivity index (χ1) is 14.0. The minimum absolute atomic E-state index is 0.149. The van der Waals surface area contributed by atoms with E-state index in [1.54, 1.807) is 32.4 Å². The van der Waals surface area contributed by atoms with Gasteiger partial charge in [0.2, 0.25) is 5.91 Å². The quantitative estimate of drug-likeness (QED) is 0.417. The number of amides is 1. The van der Waals surface area contributed by atoms with Crippen LogP contribution in [0.1, 0.15) is 11.3 Å². The molecule has 2 aromatic heterocycles. The normalized spacial score (nSPS) is 10.6. The topological polar surface area (TPSA) is 94.1 Å². The van der Waals surface area contributed by atoms with Gasteiger partial charge in [0.1, 0.15) is 11.5 Å². The van der Waals surface area contributed by atoms with E-state index >= 15 is 0 Å². The molecule has 29 heavy (non-hydrogen) atoms. The summed E-state index contributed by atoms with van der Waals surface area (Å²) in [5.41, 5.74) is 1.51. The molecule has 1 amide bonds. The number of nitrogens with one attached hydrogen (secondary N) is 2. The van der Waals surface area contributed by atoms with E-state index in [-0.39, 0.29) is 12.3 Å². The molecule has 152 valence electrons. The zero-order valence-electron chi connectivity index (χ0n) is 16.3. The summed E-state index contributed by atoms with van der Waals surface area (Å²) in [6, 6.07) is 5.35. The second kappa shape index (κ2) is 9.01. The maximum absolute atomic E-state index is 12.5. The number of thiazole rings is 1. The molecule has 3 aromatic rings. The standard InChI is InChI=1S/C19H21N5O3S2/c1-5-8-24-17(22-23-19(24)28)16-11(2)20-18(29-16)21-15(25)9-12-6-7-13(26-3)10-14(12)27-4/h5-7,10H,1,8-9H2,2-4H3,(H,23,28)(H,20,21,25). The number of aryl methyl sites for hydroxylation is 1. The predicted molar refractivity (Wildman–Crippen MR) is 115 cm³/mol. The Morgan fingerprint density at radius 2 is 2.21 bits per heavy atom. The van der Waals surface area contributed by atoms with E-state index in [0.717, 1.165) is 16.1 Å². The van der Waals surface area contributed by atoms with Gasteiger partial charge in [-0.05, 0) is 25.2 Å². The monoisotopic (exact) mass is 431 g/mol. The molecule has 0 spiro atoms. The minimum Gasteiger partial charge on any atom is -0.497 e. The highest BCUT2D eigenvalue weighted by atomic mass is 32.1. The first-order valence-corrected chi connectivity index (χ1v) is 9.94. The van der Waals surface area contributed by atoms with Crippen LogP contribution >= 0.6 is 23.6 Å². The first kappa shape index (κ1) is 20.7. The van der Waals surface area contributed by atoms with Crippen LogP contribution in [-0.4, -0.2) is 39.9 Å². The first-order valence-electron chi connectivity index (χ1n) is 8.71. The average molecular weight is 432 g/mol. The molecule has 2 N–H and O–H groups in total. The van der Waals surface area contributed by atoms with Gasteiger partial charge in [-0.15, -0.1) is 6.58 Å². The van der Waals surface area contributed by atoms with Crippen LogP contribution in [0, 0.1) is 11.7 Å². The van der Waals surface area contributed by atoms with E-state index in [1.165, 1.54) is 11.3 Å². The molecule has 0 atom stereocenters. The molecule has 0 aliphatic carbocycles. The van der Waals surface area contributed by atoms with Crippen LogP contribution in [0.5, 0.6) is 11.5 Å². The van der Waals surface area contributed by atoms with Gasteiger partial charge in [-0.2, -0.15) is 5.10 Å². The third kappa shape index (κ3) is 4.54. The number of H-pyrrole nitrogens is 1. The van der Waals surface area contributed by atoms with Gasteiger partial charge in [-0.1, -0.05) is 23.5 Å². The molecule has 0 aliphatic heterocycles. The third-order valence-electron chi connectivity index (χ3n) is 4.16. The van der Waals surface area contributed by atoms with E-state index in [0.29, 0.717) is 33.8 Å². The van der Waals surface area contributed by atoms with Gasteiger partial charge in [0.15, 0.2) is 15.7 Å². The Bertz CT molecular complexity index is 1100. The van der Waals surface area contributed by atoms with E-state index in [4.69, 9.17) is 21.7 Å². The molecule has 10 heteroatoms. The Morgan fingerprint density at radius 3 is 2.90 bits per heavy atom. The van der Waals surface area contributed by atoms with Crippen molar-refractivity contribution in [2.45, 2.75) is 19.9 Å². The summed E-state index contributed by atoms with van der Waals surface area (Å²) in [7, 11) is 3.14. The second-order valence-corrected chi connectivity index (χ2v) is 7.47. The van der Waals surface area contributed by atoms with E-state index in [2.05, 4.69) is 27.1 Å². The largest absolute Gasteiger partial charge is 0.497 e. The Morgan fingerprint density at radius 1 is 1.41 bits per heavy atom. The van der Waals surface area contributed by atoms with Gasteiger partial charge in [0.05, 0.1) is 31.2 Å². The fourth-order valence-corrected chi connectivity index (χ4v) is 3.97. The highest BCUT2D eigenvalue weighted by molar-refractivity contribution is 7.71. The fraction of sp³-hybridized carbons (Fsp3) is 0.263. The van der Waals surface area contributed by atoms with E-state index in [9.17, 15) is 4.79 Å². The van der Waals surface area contributed by atoms with Crippen molar-refractivity contribution in [3.05, 3.63) is 46.9 Å². The fourth-order valence-electron chi connectivity index (χ4n) is 2.78. The van der Waals surface area contributed by atoms with Crippen LogP contribution in [0.4, 0.5) is 5.13 Å². The molecule has 0 unspecified atom stereocenters. The zero-order chi connectivity index (χ0) is 21.0. The van der Waals surface area contributed by atoms with Gasteiger partial charge >= 0.3 is 0 Å². The molecule has 0 radical (unpaired) electrons. The Balaban J connectivity index is 1.79. The van der Waals surface area contributed by atoms with Crippen molar-refractivity contribution >= 4 is 34.6 Å². The second-order valence-electron chi connectivity index (χ2n) is 6.09. The maximum Gasteiger partial charge on any atom is 0.230 e. The number of nitrogens with zero attached hydrogens (tertiary/aromatic N) is 3. The molecular formula is C19H21N5O3S2. The van der Waals surface area contributed by atoms with Crippen molar-refractivity contribution in [2.24, 2.45) is 0 Å². The summed E-state index contributed by atoms with van der Waals surface area (Å²) >= 11 is 6.61. The Labute approximate surface area is 177 Å². The molecule has 0 saturated carbocycles. The molecule has 1 aromatic carbocycles. The maximum atomic E-state index is 12.5. The van der Waals surface area contributed by atoms with Gasteiger partial charge in [0.25, 0.3) is 0 Å². The lowest BCUT2D eigenvalue weighted by Gasteiger charge is -2.10. The molecule has 0 aliphatic rings. The van der Waals surface area contributed by atoms with Gasteiger partial charge in [-0.3, -0.25) is 14.5 Å². The molecule has 0 saturated heterocycles. The molecule has 8 nitrogen and oxygen atoms in total. The highest BCUT2D eigenvalue weighted by Gasteiger charge is 2.18. The molecule has 0 fully saturated rings.